The molecule has 1 aliphatic rings. The van der Waals surface area contributed by atoms with E-state index in [-0.39, 0.29) is 5.41 Å². The van der Waals surface area contributed by atoms with Crippen LogP contribution in [0.15, 0.2) is 0 Å². The first-order valence-corrected chi connectivity index (χ1v) is 5.41. The molecule has 0 bridgehead atoms. The summed E-state index contributed by atoms with van der Waals surface area (Å²) in [6, 6.07) is 1.18. The number of hydrogen-bond acceptors (Lipinski definition) is 2. The molecule has 0 saturated heterocycles. The summed E-state index contributed by atoms with van der Waals surface area (Å²) in [5.41, 5.74) is 0.262. The molecule has 1 atom stereocenters. The summed E-state index contributed by atoms with van der Waals surface area (Å²) < 4.78 is 0. The van der Waals surface area contributed by atoms with Crippen LogP contribution in [0.4, 0.5) is 0 Å². The lowest BCUT2D eigenvalue weighted by Gasteiger charge is -2.38. The van der Waals surface area contributed by atoms with E-state index in [0.29, 0.717) is 12.6 Å². The third kappa shape index (κ3) is 3.28. The molecule has 13 heavy (non-hydrogen) atoms. The zero-order valence-electron chi connectivity index (χ0n) is 9.14. The SMILES string of the molecule is CC(C)(C)C(CCO)NC1CCC1. The molecule has 1 aliphatic carbocycles. The van der Waals surface area contributed by atoms with Crippen molar-refractivity contribution in [3.8, 4) is 0 Å². The molecule has 2 N–H and O–H groups in total. The fraction of sp³-hybridized carbons (Fsp3) is 1.00. The predicted molar refractivity (Wildman–Crippen MR) is 55.7 cm³/mol. The molecule has 2 nitrogen and oxygen atoms in total. The van der Waals surface area contributed by atoms with E-state index in [1.165, 1.54) is 19.3 Å². The Morgan fingerprint density at radius 2 is 2.00 bits per heavy atom. The quantitative estimate of drug-likeness (QED) is 0.701. The predicted octanol–water partition coefficient (Wildman–Crippen LogP) is 1.93. The Morgan fingerprint density at radius 1 is 1.38 bits per heavy atom. The highest BCUT2D eigenvalue weighted by atomic mass is 16.3. The lowest BCUT2D eigenvalue weighted by Crippen LogP contribution is -2.48. The van der Waals surface area contributed by atoms with Crippen LogP contribution in [0, 0.1) is 5.41 Å². The Bertz CT molecular complexity index is 147. The molecule has 0 radical (unpaired) electrons. The first-order chi connectivity index (χ1) is 6.04. The zero-order valence-corrected chi connectivity index (χ0v) is 9.14. The molecule has 1 fully saturated rings. The lowest BCUT2D eigenvalue weighted by molar-refractivity contribution is 0.165. The molecule has 1 rings (SSSR count). The molecule has 0 aromatic heterocycles. The molecule has 0 aromatic rings. The highest BCUT2D eigenvalue weighted by Gasteiger charge is 2.28. The molecule has 1 saturated carbocycles. The standard InChI is InChI=1S/C11H23NO/c1-11(2,3)10(7-8-13)12-9-5-4-6-9/h9-10,12-13H,4-8H2,1-3H3. The maximum absolute atomic E-state index is 8.96. The molecular weight excluding hydrogens is 162 g/mol. The normalized spacial score (nSPS) is 21.2. The summed E-state index contributed by atoms with van der Waals surface area (Å²) >= 11 is 0. The summed E-state index contributed by atoms with van der Waals surface area (Å²) in [4.78, 5) is 0. The van der Waals surface area contributed by atoms with Crippen LogP contribution in [-0.4, -0.2) is 23.8 Å². The first kappa shape index (κ1) is 11.0. The van der Waals surface area contributed by atoms with Crippen molar-refractivity contribution in [2.24, 2.45) is 5.41 Å². The maximum Gasteiger partial charge on any atom is 0.0446 e. The second-order valence-electron chi connectivity index (χ2n) is 5.23. The molecule has 0 amide bonds. The van der Waals surface area contributed by atoms with Gasteiger partial charge in [-0.1, -0.05) is 27.2 Å². The van der Waals surface area contributed by atoms with Crippen molar-refractivity contribution in [3.05, 3.63) is 0 Å². The summed E-state index contributed by atoms with van der Waals surface area (Å²) in [5, 5.41) is 12.6. The second kappa shape index (κ2) is 4.43. The minimum atomic E-state index is 0.262. The van der Waals surface area contributed by atoms with Gasteiger partial charge in [0, 0.05) is 18.7 Å². The van der Waals surface area contributed by atoms with Gasteiger partial charge in [0.25, 0.3) is 0 Å². The van der Waals surface area contributed by atoms with E-state index in [0.717, 1.165) is 12.5 Å². The van der Waals surface area contributed by atoms with Gasteiger partial charge in [-0.05, 0) is 24.7 Å². The van der Waals surface area contributed by atoms with E-state index in [1.54, 1.807) is 0 Å². The Kier molecular flexibility index (Phi) is 3.74. The van der Waals surface area contributed by atoms with Gasteiger partial charge in [0.05, 0.1) is 0 Å². The summed E-state index contributed by atoms with van der Waals surface area (Å²) in [6.07, 6.45) is 4.88. The van der Waals surface area contributed by atoms with Crippen LogP contribution < -0.4 is 5.32 Å². The van der Waals surface area contributed by atoms with E-state index < -0.39 is 0 Å². The Morgan fingerprint density at radius 3 is 2.31 bits per heavy atom. The Labute approximate surface area is 81.7 Å². The van der Waals surface area contributed by atoms with Crippen molar-refractivity contribution < 1.29 is 5.11 Å². The van der Waals surface area contributed by atoms with E-state index >= 15 is 0 Å². The third-order valence-electron chi connectivity index (χ3n) is 3.01. The number of hydrogen-bond donors (Lipinski definition) is 2. The van der Waals surface area contributed by atoms with Crippen molar-refractivity contribution >= 4 is 0 Å². The summed E-state index contributed by atoms with van der Waals surface area (Å²) in [7, 11) is 0. The Balaban J connectivity index is 2.36. The zero-order chi connectivity index (χ0) is 9.90. The van der Waals surface area contributed by atoms with Crippen LogP contribution in [0.25, 0.3) is 0 Å². The molecule has 2 heteroatoms. The van der Waals surface area contributed by atoms with Gasteiger partial charge in [-0.3, -0.25) is 0 Å². The summed E-state index contributed by atoms with van der Waals surface area (Å²) in [5.74, 6) is 0. The van der Waals surface area contributed by atoms with Crippen LogP contribution in [0.5, 0.6) is 0 Å². The number of aliphatic hydroxyl groups is 1. The van der Waals surface area contributed by atoms with Crippen molar-refractivity contribution in [1.29, 1.82) is 0 Å². The van der Waals surface area contributed by atoms with Gasteiger partial charge in [0.15, 0.2) is 0 Å². The molecule has 1 unspecified atom stereocenters. The highest BCUT2D eigenvalue weighted by molar-refractivity contribution is 4.86. The van der Waals surface area contributed by atoms with E-state index in [9.17, 15) is 0 Å². The van der Waals surface area contributed by atoms with Crippen LogP contribution >= 0.6 is 0 Å². The van der Waals surface area contributed by atoms with Crippen LogP contribution in [0.2, 0.25) is 0 Å². The van der Waals surface area contributed by atoms with Gasteiger partial charge in [-0.15, -0.1) is 0 Å². The minimum absolute atomic E-state index is 0.262. The number of nitrogens with one attached hydrogen (secondary N) is 1. The van der Waals surface area contributed by atoms with Gasteiger partial charge >= 0.3 is 0 Å². The second-order valence-corrected chi connectivity index (χ2v) is 5.23. The van der Waals surface area contributed by atoms with Gasteiger partial charge in [0.1, 0.15) is 0 Å². The van der Waals surface area contributed by atoms with Gasteiger partial charge in [0.2, 0.25) is 0 Å². The maximum atomic E-state index is 8.96. The van der Waals surface area contributed by atoms with E-state index in [2.05, 4.69) is 26.1 Å². The summed E-state index contributed by atoms with van der Waals surface area (Å²) in [6.45, 7) is 7.00. The van der Waals surface area contributed by atoms with Crippen LogP contribution in [-0.2, 0) is 0 Å². The molecule has 0 aromatic carbocycles. The highest BCUT2D eigenvalue weighted by Crippen LogP contribution is 2.26. The van der Waals surface area contributed by atoms with E-state index in [1.807, 2.05) is 0 Å². The van der Waals surface area contributed by atoms with Crippen molar-refractivity contribution in [1.82, 2.24) is 5.32 Å². The monoisotopic (exact) mass is 185 g/mol. The Hall–Kier alpha value is -0.0800. The number of aliphatic hydroxyl groups excluding tert-OH is 1. The van der Waals surface area contributed by atoms with Crippen LogP contribution in [0.3, 0.4) is 0 Å². The molecule has 0 aliphatic heterocycles. The topological polar surface area (TPSA) is 32.3 Å². The lowest BCUT2D eigenvalue weighted by atomic mass is 9.82. The fourth-order valence-electron chi connectivity index (χ4n) is 1.75. The minimum Gasteiger partial charge on any atom is -0.396 e. The van der Waals surface area contributed by atoms with Crippen molar-refractivity contribution in [2.75, 3.05) is 6.61 Å². The van der Waals surface area contributed by atoms with Gasteiger partial charge in [-0.2, -0.15) is 0 Å². The third-order valence-corrected chi connectivity index (χ3v) is 3.01. The van der Waals surface area contributed by atoms with Crippen LogP contribution in [0.1, 0.15) is 46.5 Å². The molecule has 0 heterocycles. The largest absolute Gasteiger partial charge is 0.396 e. The van der Waals surface area contributed by atoms with Crippen molar-refractivity contribution in [3.63, 3.8) is 0 Å². The average molecular weight is 185 g/mol. The van der Waals surface area contributed by atoms with Crippen molar-refractivity contribution in [2.45, 2.75) is 58.5 Å². The molecule has 0 spiro atoms. The first-order valence-electron chi connectivity index (χ1n) is 5.41. The smallest absolute Gasteiger partial charge is 0.0446 e. The van der Waals surface area contributed by atoms with Gasteiger partial charge < -0.3 is 10.4 Å². The van der Waals surface area contributed by atoms with Gasteiger partial charge in [-0.25, -0.2) is 0 Å². The number of rotatable bonds is 4. The molecular formula is C11H23NO. The fourth-order valence-corrected chi connectivity index (χ4v) is 1.75. The average Bonchev–Trinajstić information content (AvgIpc) is 1.91. The van der Waals surface area contributed by atoms with E-state index in [4.69, 9.17) is 5.11 Å². The molecule has 78 valence electrons.